The Kier molecular flexibility index (Phi) is 4.17. The second kappa shape index (κ2) is 5.72. The lowest BCUT2D eigenvalue weighted by molar-refractivity contribution is -0.137. The molecular weight excluding hydrogens is 305 g/mol. The number of hydrogen-bond acceptors (Lipinski definition) is 4. The van der Waals surface area contributed by atoms with Crippen molar-refractivity contribution in [2.75, 3.05) is 7.05 Å². The summed E-state index contributed by atoms with van der Waals surface area (Å²) in [5, 5.41) is 11.4. The van der Waals surface area contributed by atoms with Gasteiger partial charge in [0.05, 0.1) is 28.9 Å². The summed E-state index contributed by atoms with van der Waals surface area (Å²) in [5.74, 6) is -1.27. The molecule has 0 aliphatic carbocycles. The monoisotopic (exact) mass is 316 g/mol. The molecule has 1 amide bonds. The highest BCUT2D eigenvalue weighted by Gasteiger charge is 2.31. The van der Waals surface area contributed by atoms with E-state index in [1.807, 2.05) is 0 Å². The number of thiazole rings is 1. The lowest BCUT2D eigenvalue weighted by Gasteiger charge is -2.17. The van der Waals surface area contributed by atoms with E-state index in [4.69, 9.17) is 0 Å². The molecule has 0 saturated carbocycles. The van der Waals surface area contributed by atoms with Crippen molar-refractivity contribution >= 4 is 17.2 Å². The zero-order chi connectivity index (χ0) is 15.6. The van der Waals surface area contributed by atoms with Crippen molar-refractivity contribution in [2.45, 2.75) is 12.7 Å². The van der Waals surface area contributed by atoms with Crippen LogP contribution in [0.2, 0.25) is 0 Å². The third kappa shape index (κ3) is 3.52. The average Bonchev–Trinajstić information content (AvgIpc) is 2.89. The number of alkyl halides is 3. The standard InChI is InChI=1S/C13H11F3N2O2S/c1-18(5-9-6-21-7-17-9)12(20)10-3-2-8(4-11(10)19)13(14,15)16/h2-4,6-7,19H,5H2,1H3. The Balaban J connectivity index is 2.19. The van der Waals surface area contributed by atoms with Crippen LogP contribution in [0.25, 0.3) is 0 Å². The topological polar surface area (TPSA) is 53.4 Å². The summed E-state index contributed by atoms with van der Waals surface area (Å²) in [5.41, 5.74) is 1.10. The zero-order valence-electron chi connectivity index (χ0n) is 10.9. The molecule has 0 unspecified atom stereocenters. The number of phenols is 1. The van der Waals surface area contributed by atoms with Gasteiger partial charge in [0.2, 0.25) is 0 Å². The summed E-state index contributed by atoms with van der Waals surface area (Å²) >= 11 is 1.37. The molecule has 4 nitrogen and oxygen atoms in total. The van der Waals surface area contributed by atoms with E-state index in [1.54, 1.807) is 10.9 Å². The van der Waals surface area contributed by atoms with Crippen LogP contribution < -0.4 is 0 Å². The van der Waals surface area contributed by atoms with E-state index >= 15 is 0 Å². The first kappa shape index (κ1) is 15.3. The molecule has 1 N–H and O–H groups in total. The van der Waals surface area contributed by atoms with Crippen molar-refractivity contribution in [1.82, 2.24) is 9.88 Å². The van der Waals surface area contributed by atoms with Crippen molar-refractivity contribution in [3.8, 4) is 5.75 Å². The molecule has 0 fully saturated rings. The number of carbonyl (C=O) groups is 1. The third-order valence-corrected chi connectivity index (χ3v) is 3.42. The van der Waals surface area contributed by atoms with Crippen LogP contribution in [-0.4, -0.2) is 27.9 Å². The van der Waals surface area contributed by atoms with Crippen LogP contribution in [0.3, 0.4) is 0 Å². The predicted molar refractivity (Wildman–Crippen MR) is 71.0 cm³/mol. The second-order valence-electron chi connectivity index (χ2n) is 4.37. The summed E-state index contributed by atoms with van der Waals surface area (Å²) < 4.78 is 37.5. The first-order valence-electron chi connectivity index (χ1n) is 5.82. The van der Waals surface area contributed by atoms with Gasteiger partial charge in [0, 0.05) is 12.4 Å². The van der Waals surface area contributed by atoms with Crippen LogP contribution in [-0.2, 0) is 12.7 Å². The predicted octanol–water partition coefficient (Wildman–Crippen LogP) is 3.14. The maximum Gasteiger partial charge on any atom is 0.416 e. The van der Waals surface area contributed by atoms with Crippen LogP contribution in [0.1, 0.15) is 21.6 Å². The summed E-state index contributed by atoms with van der Waals surface area (Å²) in [6.07, 6.45) is -4.56. The Labute approximate surface area is 122 Å². The SMILES string of the molecule is CN(Cc1cscn1)C(=O)c1ccc(C(F)(F)F)cc1O. The fourth-order valence-electron chi connectivity index (χ4n) is 1.72. The number of rotatable bonds is 3. The highest BCUT2D eigenvalue weighted by atomic mass is 32.1. The maximum atomic E-state index is 12.5. The molecule has 0 radical (unpaired) electrons. The number of aromatic hydroxyl groups is 1. The number of hydrogen-bond donors (Lipinski definition) is 1. The molecular formula is C13H11F3N2O2S. The fraction of sp³-hybridized carbons (Fsp3) is 0.231. The van der Waals surface area contributed by atoms with E-state index in [2.05, 4.69) is 4.98 Å². The van der Waals surface area contributed by atoms with Crippen LogP contribution in [0.4, 0.5) is 13.2 Å². The van der Waals surface area contributed by atoms with Gasteiger partial charge in [-0.05, 0) is 18.2 Å². The van der Waals surface area contributed by atoms with Crippen molar-refractivity contribution in [2.24, 2.45) is 0 Å². The van der Waals surface area contributed by atoms with Gasteiger partial charge in [-0.2, -0.15) is 13.2 Å². The van der Waals surface area contributed by atoms with E-state index in [9.17, 15) is 23.1 Å². The Bertz CT molecular complexity index is 641. The van der Waals surface area contributed by atoms with Gasteiger partial charge in [-0.1, -0.05) is 0 Å². The quantitative estimate of drug-likeness (QED) is 0.946. The van der Waals surface area contributed by atoms with Gasteiger partial charge in [0.25, 0.3) is 5.91 Å². The van der Waals surface area contributed by atoms with Gasteiger partial charge in [-0.15, -0.1) is 11.3 Å². The minimum absolute atomic E-state index is 0.180. The molecule has 0 atom stereocenters. The Morgan fingerprint density at radius 2 is 2.14 bits per heavy atom. The molecule has 1 heterocycles. The minimum atomic E-state index is -4.56. The molecule has 0 spiro atoms. The number of amides is 1. The molecule has 1 aromatic heterocycles. The van der Waals surface area contributed by atoms with Crippen LogP contribution in [0, 0.1) is 0 Å². The Morgan fingerprint density at radius 1 is 1.43 bits per heavy atom. The Morgan fingerprint density at radius 3 is 2.67 bits per heavy atom. The normalized spacial score (nSPS) is 11.4. The van der Waals surface area contributed by atoms with Crippen molar-refractivity contribution < 1.29 is 23.1 Å². The summed E-state index contributed by atoms with van der Waals surface area (Å²) in [6, 6.07) is 2.28. The van der Waals surface area contributed by atoms with Crippen molar-refractivity contribution in [3.05, 3.63) is 45.9 Å². The fourth-order valence-corrected chi connectivity index (χ4v) is 2.27. The van der Waals surface area contributed by atoms with Crippen molar-refractivity contribution in [3.63, 3.8) is 0 Å². The van der Waals surface area contributed by atoms with Gasteiger partial charge in [0.1, 0.15) is 5.75 Å². The molecule has 8 heteroatoms. The largest absolute Gasteiger partial charge is 0.507 e. The van der Waals surface area contributed by atoms with Gasteiger partial charge in [-0.3, -0.25) is 4.79 Å². The molecule has 112 valence electrons. The number of aromatic nitrogens is 1. The number of halogens is 3. The lowest BCUT2D eigenvalue weighted by Crippen LogP contribution is -2.26. The first-order chi connectivity index (χ1) is 9.79. The second-order valence-corrected chi connectivity index (χ2v) is 5.09. The highest BCUT2D eigenvalue weighted by Crippen LogP contribution is 2.33. The minimum Gasteiger partial charge on any atom is -0.507 e. The zero-order valence-corrected chi connectivity index (χ0v) is 11.7. The smallest absolute Gasteiger partial charge is 0.416 e. The number of phenolic OH excluding ortho intramolecular Hbond substituents is 1. The Hall–Kier alpha value is -2.09. The molecule has 0 saturated heterocycles. The van der Waals surface area contributed by atoms with E-state index in [0.717, 1.165) is 12.1 Å². The maximum absolute atomic E-state index is 12.5. The van der Waals surface area contributed by atoms with Gasteiger partial charge in [-0.25, -0.2) is 4.98 Å². The molecule has 2 aromatic rings. The van der Waals surface area contributed by atoms with Crippen LogP contribution >= 0.6 is 11.3 Å². The van der Waals surface area contributed by atoms with Crippen LogP contribution in [0.15, 0.2) is 29.1 Å². The van der Waals surface area contributed by atoms with Gasteiger partial charge in [0.15, 0.2) is 0 Å². The summed E-state index contributed by atoms with van der Waals surface area (Å²) in [7, 11) is 1.48. The van der Waals surface area contributed by atoms with E-state index in [1.165, 1.54) is 23.3 Å². The van der Waals surface area contributed by atoms with Crippen LogP contribution in [0.5, 0.6) is 5.75 Å². The summed E-state index contributed by atoms with van der Waals surface area (Å²) in [6.45, 7) is 0.211. The van der Waals surface area contributed by atoms with Gasteiger partial charge >= 0.3 is 6.18 Å². The van der Waals surface area contributed by atoms with E-state index < -0.39 is 23.4 Å². The lowest BCUT2D eigenvalue weighted by atomic mass is 10.1. The number of nitrogens with zero attached hydrogens (tertiary/aromatic N) is 2. The molecule has 21 heavy (non-hydrogen) atoms. The number of carbonyl (C=O) groups excluding carboxylic acids is 1. The van der Waals surface area contributed by atoms with E-state index in [0.29, 0.717) is 11.8 Å². The van der Waals surface area contributed by atoms with Gasteiger partial charge < -0.3 is 10.0 Å². The van der Waals surface area contributed by atoms with Crippen molar-refractivity contribution in [1.29, 1.82) is 0 Å². The molecule has 0 aliphatic heterocycles. The third-order valence-electron chi connectivity index (χ3n) is 2.78. The average molecular weight is 316 g/mol. The highest BCUT2D eigenvalue weighted by molar-refractivity contribution is 7.07. The first-order valence-corrected chi connectivity index (χ1v) is 6.76. The summed E-state index contributed by atoms with van der Waals surface area (Å²) in [4.78, 5) is 17.4. The molecule has 1 aromatic carbocycles. The van der Waals surface area contributed by atoms with E-state index in [-0.39, 0.29) is 12.1 Å². The molecule has 2 rings (SSSR count). The molecule has 0 aliphatic rings. The number of benzene rings is 1. The molecule has 0 bridgehead atoms.